The van der Waals surface area contributed by atoms with Crippen LogP contribution in [0.2, 0.25) is 0 Å². The third-order valence-corrected chi connectivity index (χ3v) is 3.83. The fourth-order valence-corrected chi connectivity index (χ4v) is 2.47. The van der Waals surface area contributed by atoms with Crippen LogP contribution in [0, 0.1) is 6.92 Å². The molecule has 0 amide bonds. The molecule has 0 unspecified atom stereocenters. The fourth-order valence-electron chi connectivity index (χ4n) is 2.47. The van der Waals surface area contributed by atoms with Gasteiger partial charge in [-0.15, -0.1) is 0 Å². The number of carboxylic acid groups (broad SMARTS) is 1. The number of aromatic nitrogens is 2. The van der Waals surface area contributed by atoms with Crippen LogP contribution in [0.4, 0.5) is 24.8 Å². The van der Waals surface area contributed by atoms with Gasteiger partial charge in [-0.2, -0.15) is 13.2 Å². The number of hydrogen-bond acceptors (Lipinski definition) is 4. The molecule has 1 heterocycles. The van der Waals surface area contributed by atoms with Crippen LogP contribution in [0.15, 0.2) is 54.6 Å². The fraction of sp³-hybridized carbons (Fsp3) is 0.105. The number of carbonyl (C=O) groups is 1. The second-order valence-corrected chi connectivity index (χ2v) is 5.78. The van der Waals surface area contributed by atoms with E-state index in [4.69, 9.17) is 5.11 Å². The molecule has 0 aliphatic heterocycles. The minimum Gasteiger partial charge on any atom is -0.478 e. The highest BCUT2D eigenvalue weighted by molar-refractivity contribution is 5.88. The zero-order valence-electron chi connectivity index (χ0n) is 14.1. The molecule has 1 aromatic heterocycles. The summed E-state index contributed by atoms with van der Waals surface area (Å²) in [5.41, 5.74) is 0.845. The van der Waals surface area contributed by atoms with Crippen molar-refractivity contribution in [2.24, 2.45) is 0 Å². The molecule has 2 aromatic carbocycles. The van der Waals surface area contributed by atoms with Crippen LogP contribution in [-0.2, 0) is 6.18 Å². The Morgan fingerprint density at radius 1 is 1.04 bits per heavy atom. The number of anilines is 2. The second kappa shape index (κ2) is 7.06. The van der Waals surface area contributed by atoms with Gasteiger partial charge in [-0.25, -0.2) is 14.8 Å². The molecule has 0 saturated heterocycles. The third-order valence-electron chi connectivity index (χ3n) is 3.83. The molecule has 0 bridgehead atoms. The molecule has 3 aromatic rings. The molecule has 0 spiro atoms. The molecule has 0 saturated carbocycles. The Morgan fingerprint density at radius 2 is 1.70 bits per heavy atom. The van der Waals surface area contributed by atoms with E-state index in [9.17, 15) is 18.0 Å². The first-order chi connectivity index (χ1) is 12.7. The highest BCUT2D eigenvalue weighted by Gasteiger charge is 2.34. The summed E-state index contributed by atoms with van der Waals surface area (Å²) in [5.74, 6) is -1.33. The SMILES string of the molecule is Cc1ccccc1-c1cc(C(F)(F)F)nc(Nc2ccc(C(=O)O)cc2)n1. The van der Waals surface area contributed by atoms with Crippen molar-refractivity contribution < 1.29 is 23.1 Å². The predicted molar refractivity (Wildman–Crippen MR) is 93.9 cm³/mol. The average molecular weight is 373 g/mol. The summed E-state index contributed by atoms with van der Waals surface area (Å²) in [6, 6.07) is 13.4. The van der Waals surface area contributed by atoms with E-state index in [1.165, 1.54) is 24.3 Å². The molecule has 5 nitrogen and oxygen atoms in total. The topological polar surface area (TPSA) is 75.1 Å². The number of benzene rings is 2. The Balaban J connectivity index is 2.03. The molecule has 0 aliphatic carbocycles. The molecular weight excluding hydrogens is 359 g/mol. The van der Waals surface area contributed by atoms with Crippen molar-refractivity contribution in [3.8, 4) is 11.3 Å². The number of rotatable bonds is 4. The first kappa shape index (κ1) is 18.4. The number of aryl methyl sites for hydroxylation is 1. The van der Waals surface area contributed by atoms with Crippen LogP contribution in [0.3, 0.4) is 0 Å². The zero-order chi connectivity index (χ0) is 19.6. The van der Waals surface area contributed by atoms with Crippen molar-refractivity contribution in [2.45, 2.75) is 13.1 Å². The quantitative estimate of drug-likeness (QED) is 0.679. The van der Waals surface area contributed by atoms with Gasteiger partial charge >= 0.3 is 12.1 Å². The zero-order valence-corrected chi connectivity index (χ0v) is 14.1. The van der Waals surface area contributed by atoms with Crippen LogP contribution in [-0.4, -0.2) is 21.0 Å². The summed E-state index contributed by atoms with van der Waals surface area (Å²) in [6.45, 7) is 1.78. The van der Waals surface area contributed by atoms with E-state index in [0.29, 0.717) is 11.3 Å². The first-order valence-electron chi connectivity index (χ1n) is 7.87. The van der Waals surface area contributed by atoms with Gasteiger partial charge < -0.3 is 10.4 Å². The summed E-state index contributed by atoms with van der Waals surface area (Å²) in [4.78, 5) is 18.6. The average Bonchev–Trinajstić information content (AvgIpc) is 2.61. The lowest BCUT2D eigenvalue weighted by atomic mass is 10.1. The number of nitrogens with one attached hydrogen (secondary N) is 1. The smallest absolute Gasteiger partial charge is 0.433 e. The Morgan fingerprint density at radius 3 is 2.30 bits per heavy atom. The lowest BCUT2D eigenvalue weighted by molar-refractivity contribution is -0.141. The van der Waals surface area contributed by atoms with Gasteiger partial charge in [0.05, 0.1) is 11.3 Å². The molecule has 3 rings (SSSR count). The molecule has 27 heavy (non-hydrogen) atoms. The number of halogens is 3. The molecule has 0 fully saturated rings. The normalized spacial score (nSPS) is 11.3. The highest BCUT2D eigenvalue weighted by atomic mass is 19.4. The summed E-state index contributed by atoms with van der Waals surface area (Å²) >= 11 is 0. The summed E-state index contributed by atoms with van der Waals surface area (Å²) in [7, 11) is 0. The van der Waals surface area contributed by atoms with Crippen LogP contribution in [0.5, 0.6) is 0 Å². The van der Waals surface area contributed by atoms with Crippen molar-refractivity contribution in [2.75, 3.05) is 5.32 Å². The van der Waals surface area contributed by atoms with Crippen LogP contribution < -0.4 is 5.32 Å². The van der Waals surface area contributed by atoms with Crippen LogP contribution >= 0.6 is 0 Å². The number of nitrogens with zero attached hydrogens (tertiary/aromatic N) is 2. The van der Waals surface area contributed by atoms with Crippen molar-refractivity contribution in [1.82, 2.24) is 9.97 Å². The monoisotopic (exact) mass is 373 g/mol. The van der Waals surface area contributed by atoms with Gasteiger partial charge in [-0.3, -0.25) is 0 Å². The van der Waals surface area contributed by atoms with E-state index >= 15 is 0 Å². The maximum Gasteiger partial charge on any atom is 0.433 e. The standard InChI is InChI=1S/C19H14F3N3O2/c1-11-4-2-3-5-14(11)15-10-16(19(20,21)22)25-18(24-15)23-13-8-6-12(7-9-13)17(26)27/h2-10H,1H3,(H,26,27)(H,23,24,25). The number of hydrogen-bond donors (Lipinski definition) is 2. The van der Waals surface area contributed by atoms with Gasteiger partial charge in [0.15, 0.2) is 5.69 Å². The number of aromatic carboxylic acids is 1. The maximum atomic E-state index is 13.3. The Bertz CT molecular complexity index is 986. The highest BCUT2D eigenvalue weighted by Crippen LogP contribution is 2.32. The van der Waals surface area contributed by atoms with Gasteiger partial charge in [0.1, 0.15) is 0 Å². The lowest BCUT2D eigenvalue weighted by Gasteiger charge is -2.13. The second-order valence-electron chi connectivity index (χ2n) is 5.78. The van der Waals surface area contributed by atoms with Crippen molar-refractivity contribution in [3.63, 3.8) is 0 Å². The van der Waals surface area contributed by atoms with Crippen molar-refractivity contribution in [3.05, 3.63) is 71.4 Å². The predicted octanol–water partition coefficient (Wildman–Crippen LogP) is 4.91. The van der Waals surface area contributed by atoms with Crippen LogP contribution in [0.1, 0.15) is 21.6 Å². The van der Waals surface area contributed by atoms with E-state index in [-0.39, 0.29) is 17.2 Å². The minimum atomic E-state index is -4.63. The number of carboxylic acids is 1. The largest absolute Gasteiger partial charge is 0.478 e. The molecule has 0 atom stereocenters. The van der Waals surface area contributed by atoms with Gasteiger partial charge in [0, 0.05) is 11.3 Å². The minimum absolute atomic E-state index is 0.0612. The van der Waals surface area contributed by atoms with E-state index < -0.39 is 17.8 Å². The molecule has 0 aliphatic rings. The van der Waals surface area contributed by atoms with Gasteiger partial charge in [-0.05, 0) is 42.8 Å². The van der Waals surface area contributed by atoms with Crippen LogP contribution in [0.25, 0.3) is 11.3 Å². The third kappa shape index (κ3) is 4.22. The Hall–Kier alpha value is -3.42. The van der Waals surface area contributed by atoms with E-state index in [2.05, 4.69) is 15.3 Å². The molecule has 8 heteroatoms. The summed E-state index contributed by atoms with van der Waals surface area (Å²) in [6.07, 6.45) is -4.63. The molecule has 2 N–H and O–H groups in total. The first-order valence-corrected chi connectivity index (χ1v) is 7.87. The summed E-state index contributed by atoms with van der Waals surface area (Å²) in [5, 5.41) is 11.6. The van der Waals surface area contributed by atoms with E-state index in [1.54, 1.807) is 31.2 Å². The van der Waals surface area contributed by atoms with E-state index in [1.807, 2.05) is 0 Å². The Labute approximate surface area is 152 Å². The lowest BCUT2D eigenvalue weighted by Crippen LogP contribution is -2.11. The maximum absolute atomic E-state index is 13.3. The van der Waals surface area contributed by atoms with Crippen molar-refractivity contribution >= 4 is 17.6 Å². The number of alkyl halides is 3. The van der Waals surface area contributed by atoms with Crippen molar-refractivity contribution in [1.29, 1.82) is 0 Å². The van der Waals surface area contributed by atoms with E-state index in [0.717, 1.165) is 11.6 Å². The molecule has 138 valence electrons. The molecular formula is C19H14F3N3O2. The Kier molecular flexibility index (Phi) is 4.81. The van der Waals surface area contributed by atoms with Gasteiger partial charge in [0.2, 0.25) is 5.95 Å². The van der Waals surface area contributed by atoms with Gasteiger partial charge in [0.25, 0.3) is 0 Å². The molecule has 0 radical (unpaired) electrons. The summed E-state index contributed by atoms with van der Waals surface area (Å²) < 4.78 is 39.8. The van der Waals surface area contributed by atoms with Gasteiger partial charge in [-0.1, -0.05) is 24.3 Å².